The Kier molecular flexibility index (Phi) is 7.29. The molecular formula is C21H32ClN3O2. The van der Waals surface area contributed by atoms with Crippen molar-refractivity contribution in [1.82, 2.24) is 4.90 Å². The number of carbonyl (C=O) groups is 2. The quantitative estimate of drug-likeness (QED) is 0.819. The Bertz CT molecular complexity index is 652. The fourth-order valence-electron chi connectivity index (χ4n) is 4.11. The fraction of sp³-hybridized carbons (Fsp3) is 0.619. The largest absolute Gasteiger partial charge is 0.339 e. The van der Waals surface area contributed by atoms with Gasteiger partial charge in [0.2, 0.25) is 5.91 Å². The summed E-state index contributed by atoms with van der Waals surface area (Å²) in [6.45, 7) is 5.86. The van der Waals surface area contributed by atoms with Crippen LogP contribution in [0.1, 0.15) is 62.7 Å². The predicted molar refractivity (Wildman–Crippen MR) is 111 cm³/mol. The minimum absolute atomic E-state index is 0. The average molecular weight is 394 g/mol. The number of nitrogens with one attached hydrogen (secondary N) is 1. The molecular weight excluding hydrogens is 362 g/mol. The summed E-state index contributed by atoms with van der Waals surface area (Å²) in [6.07, 6.45) is 5.99. The highest BCUT2D eigenvalue weighted by Gasteiger charge is 2.37. The van der Waals surface area contributed by atoms with Crippen LogP contribution in [0.15, 0.2) is 24.3 Å². The summed E-state index contributed by atoms with van der Waals surface area (Å²) in [7, 11) is 0. The second-order valence-electron chi connectivity index (χ2n) is 8.35. The maximum absolute atomic E-state index is 12.6. The highest BCUT2D eigenvalue weighted by atomic mass is 35.5. The summed E-state index contributed by atoms with van der Waals surface area (Å²) in [5, 5.41) is 2.97. The molecule has 150 valence electrons. The van der Waals surface area contributed by atoms with E-state index in [4.69, 9.17) is 5.73 Å². The molecule has 2 unspecified atom stereocenters. The molecule has 0 spiro atoms. The minimum atomic E-state index is -0.441. The number of likely N-dealkylation sites (tertiary alicyclic amines) is 1. The number of nitrogens with zero attached hydrogens (tertiary/aromatic N) is 1. The Morgan fingerprint density at radius 1 is 1.11 bits per heavy atom. The van der Waals surface area contributed by atoms with Crippen molar-refractivity contribution in [2.75, 3.05) is 18.4 Å². The van der Waals surface area contributed by atoms with Gasteiger partial charge in [-0.2, -0.15) is 0 Å². The van der Waals surface area contributed by atoms with Crippen LogP contribution >= 0.6 is 12.4 Å². The van der Waals surface area contributed by atoms with Crippen molar-refractivity contribution >= 4 is 29.9 Å². The lowest BCUT2D eigenvalue weighted by atomic mass is 9.74. The third-order valence-corrected chi connectivity index (χ3v) is 6.04. The van der Waals surface area contributed by atoms with E-state index < -0.39 is 5.54 Å². The number of halogens is 1. The summed E-state index contributed by atoms with van der Waals surface area (Å²) >= 11 is 0. The van der Waals surface area contributed by atoms with Gasteiger partial charge in [0.15, 0.2) is 0 Å². The Hall–Kier alpha value is -1.59. The number of amides is 2. The molecule has 1 saturated heterocycles. The molecule has 0 bridgehead atoms. The van der Waals surface area contributed by atoms with Crippen molar-refractivity contribution in [3.05, 3.63) is 29.8 Å². The fourth-order valence-corrected chi connectivity index (χ4v) is 4.11. The van der Waals surface area contributed by atoms with Gasteiger partial charge in [0.05, 0.1) is 5.92 Å². The minimum Gasteiger partial charge on any atom is -0.339 e. The van der Waals surface area contributed by atoms with Crippen molar-refractivity contribution in [1.29, 1.82) is 0 Å². The number of hydrogen-bond donors (Lipinski definition) is 2. The first-order valence-corrected chi connectivity index (χ1v) is 9.86. The van der Waals surface area contributed by atoms with E-state index in [0.29, 0.717) is 11.5 Å². The van der Waals surface area contributed by atoms with Crippen molar-refractivity contribution in [3.8, 4) is 0 Å². The van der Waals surface area contributed by atoms with Crippen LogP contribution in [0.3, 0.4) is 0 Å². The molecule has 2 amide bonds. The van der Waals surface area contributed by atoms with E-state index in [0.717, 1.165) is 57.3 Å². The molecule has 1 aromatic rings. The van der Waals surface area contributed by atoms with E-state index in [1.807, 2.05) is 24.0 Å². The SMILES string of the molecule is CC1CCN(C(=O)c2ccc(NC(=O)C3CCCCC3(C)N)cc2)CC1.Cl. The Labute approximate surface area is 168 Å². The number of carbonyl (C=O) groups excluding carboxylic acids is 2. The molecule has 0 aromatic heterocycles. The molecule has 1 aliphatic heterocycles. The highest BCUT2D eigenvalue weighted by Crippen LogP contribution is 2.32. The van der Waals surface area contributed by atoms with Crippen molar-refractivity contribution in [2.45, 2.75) is 57.9 Å². The van der Waals surface area contributed by atoms with Gasteiger partial charge < -0.3 is 16.0 Å². The first kappa shape index (κ1) is 21.7. The van der Waals surface area contributed by atoms with Gasteiger partial charge in [0.25, 0.3) is 5.91 Å². The molecule has 1 aliphatic carbocycles. The van der Waals surface area contributed by atoms with Gasteiger partial charge in [-0.3, -0.25) is 9.59 Å². The van der Waals surface area contributed by atoms with E-state index >= 15 is 0 Å². The number of rotatable bonds is 3. The molecule has 1 aromatic carbocycles. The zero-order valence-corrected chi connectivity index (χ0v) is 17.2. The second kappa shape index (κ2) is 9.07. The molecule has 1 saturated carbocycles. The van der Waals surface area contributed by atoms with Crippen LogP contribution in [-0.2, 0) is 4.79 Å². The second-order valence-corrected chi connectivity index (χ2v) is 8.35. The van der Waals surface area contributed by atoms with Crippen LogP contribution in [0.2, 0.25) is 0 Å². The zero-order chi connectivity index (χ0) is 18.7. The molecule has 1 heterocycles. The monoisotopic (exact) mass is 393 g/mol. The van der Waals surface area contributed by atoms with Gasteiger partial charge in [-0.05, 0) is 62.8 Å². The Morgan fingerprint density at radius 2 is 1.74 bits per heavy atom. The number of nitrogens with two attached hydrogens (primary N) is 1. The molecule has 27 heavy (non-hydrogen) atoms. The molecule has 2 atom stereocenters. The predicted octanol–water partition coefficient (Wildman–Crippen LogP) is 3.83. The standard InChI is InChI=1S/C21H31N3O2.ClH/c1-15-10-13-24(14-11-15)20(26)16-6-8-17(9-7-16)23-19(25)18-5-3-4-12-21(18,2)22;/h6-9,15,18H,3-5,10-14,22H2,1-2H3,(H,23,25);1H. The maximum Gasteiger partial charge on any atom is 0.253 e. The summed E-state index contributed by atoms with van der Waals surface area (Å²) in [6, 6.07) is 7.24. The lowest BCUT2D eigenvalue weighted by Crippen LogP contribution is -2.51. The normalized spacial score (nSPS) is 26.2. The lowest BCUT2D eigenvalue weighted by Gasteiger charge is -2.37. The molecule has 3 rings (SSSR count). The van der Waals surface area contributed by atoms with Gasteiger partial charge in [0, 0.05) is 29.9 Å². The summed E-state index contributed by atoms with van der Waals surface area (Å²) in [4.78, 5) is 27.1. The number of benzene rings is 1. The summed E-state index contributed by atoms with van der Waals surface area (Å²) in [5.74, 6) is 0.605. The first-order chi connectivity index (χ1) is 12.4. The molecule has 2 aliphatic rings. The van der Waals surface area contributed by atoms with Crippen molar-refractivity contribution in [3.63, 3.8) is 0 Å². The van der Waals surface area contributed by atoms with E-state index in [1.54, 1.807) is 12.1 Å². The van der Waals surface area contributed by atoms with Gasteiger partial charge in [-0.25, -0.2) is 0 Å². The van der Waals surface area contributed by atoms with E-state index in [2.05, 4.69) is 12.2 Å². The lowest BCUT2D eigenvalue weighted by molar-refractivity contribution is -0.122. The van der Waals surface area contributed by atoms with Crippen molar-refractivity contribution < 1.29 is 9.59 Å². The van der Waals surface area contributed by atoms with Crippen LogP contribution in [0.5, 0.6) is 0 Å². The highest BCUT2D eigenvalue weighted by molar-refractivity contribution is 5.96. The summed E-state index contributed by atoms with van der Waals surface area (Å²) in [5.41, 5.74) is 7.28. The summed E-state index contributed by atoms with van der Waals surface area (Å²) < 4.78 is 0. The Morgan fingerprint density at radius 3 is 2.33 bits per heavy atom. The van der Waals surface area contributed by atoms with Gasteiger partial charge >= 0.3 is 0 Å². The van der Waals surface area contributed by atoms with E-state index in [9.17, 15) is 9.59 Å². The van der Waals surface area contributed by atoms with Crippen LogP contribution < -0.4 is 11.1 Å². The third-order valence-electron chi connectivity index (χ3n) is 6.04. The maximum atomic E-state index is 12.6. The van der Waals surface area contributed by atoms with Gasteiger partial charge in [-0.15, -0.1) is 12.4 Å². The van der Waals surface area contributed by atoms with Gasteiger partial charge in [0.1, 0.15) is 0 Å². The molecule has 3 N–H and O–H groups in total. The number of piperidine rings is 1. The Balaban J connectivity index is 0.00000261. The average Bonchev–Trinajstić information content (AvgIpc) is 2.62. The topological polar surface area (TPSA) is 75.4 Å². The van der Waals surface area contributed by atoms with Gasteiger partial charge in [-0.1, -0.05) is 19.8 Å². The van der Waals surface area contributed by atoms with Crippen LogP contribution in [0.4, 0.5) is 5.69 Å². The first-order valence-electron chi connectivity index (χ1n) is 9.86. The van der Waals surface area contributed by atoms with E-state index in [1.165, 1.54) is 0 Å². The smallest absolute Gasteiger partial charge is 0.253 e. The third kappa shape index (κ3) is 5.23. The van der Waals surface area contributed by atoms with Crippen molar-refractivity contribution in [2.24, 2.45) is 17.6 Å². The number of hydrogen-bond acceptors (Lipinski definition) is 3. The van der Waals surface area contributed by atoms with Crippen LogP contribution in [0.25, 0.3) is 0 Å². The number of anilines is 1. The molecule has 0 radical (unpaired) electrons. The van der Waals surface area contributed by atoms with Crippen LogP contribution in [-0.4, -0.2) is 35.3 Å². The van der Waals surface area contributed by atoms with Crippen LogP contribution in [0, 0.1) is 11.8 Å². The molecule has 6 heteroatoms. The zero-order valence-electron chi connectivity index (χ0n) is 16.4. The van der Waals surface area contributed by atoms with E-state index in [-0.39, 0.29) is 30.1 Å². The molecule has 5 nitrogen and oxygen atoms in total. The molecule has 2 fully saturated rings.